The van der Waals surface area contributed by atoms with Crippen molar-refractivity contribution in [2.24, 2.45) is 5.84 Å². The molecule has 0 saturated heterocycles. The number of fused-ring (bicyclic) bond motifs is 7. The molecule has 0 bridgehead atoms. The van der Waals surface area contributed by atoms with E-state index in [1.165, 1.54) is 49.1 Å². The van der Waals surface area contributed by atoms with Crippen LogP contribution in [0, 0.1) is 0 Å². The first-order valence-electron chi connectivity index (χ1n) is 10.3. The zero-order valence-electron chi connectivity index (χ0n) is 16.1. The third kappa shape index (κ3) is 2.57. The van der Waals surface area contributed by atoms with Gasteiger partial charge in [0.25, 0.3) is 0 Å². The Balaban J connectivity index is 1.56. The van der Waals surface area contributed by atoms with Gasteiger partial charge in [0.15, 0.2) is 0 Å². The van der Waals surface area contributed by atoms with E-state index >= 15 is 0 Å². The highest BCUT2D eigenvalue weighted by Gasteiger charge is 2.40. The van der Waals surface area contributed by atoms with Crippen molar-refractivity contribution in [2.75, 3.05) is 4.90 Å². The molecule has 0 spiro atoms. The molecule has 3 N–H and O–H groups in total. The number of rotatable bonds is 3. The number of nitrogens with two attached hydrogens (primary N) is 1. The van der Waals surface area contributed by atoms with Gasteiger partial charge in [-0.25, -0.2) is 0 Å². The first kappa shape index (κ1) is 17.2. The lowest BCUT2D eigenvalue weighted by atomic mass is 9.87. The summed E-state index contributed by atoms with van der Waals surface area (Å²) in [5, 5.41) is 2.78. The van der Waals surface area contributed by atoms with E-state index in [-0.39, 0.29) is 0 Å². The molecule has 4 aromatic rings. The van der Waals surface area contributed by atoms with E-state index in [1.54, 1.807) is 0 Å². The number of hydrogen-bond acceptors (Lipinski definition) is 4. The summed E-state index contributed by atoms with van der Waals surface area (Å²) in [6.07, 6.45) is 7.16. The highest BCUT2D eigenvalue weighted by atomic mass is 32.1. The maximum absolute atomic E-state index is 5.49. The average molecular weight is 398 g/mol. The lowest BCUT2D eigenvalue weighted by molar-refractivity contribution is 0.567. The molecule has 2 aliphatic rings. The Morgan fingerprint density at radius 3 is 2.72 bits per heavy atom. The summed E-state index contributed by atoms with van der Waals surface area (Å²) in [6.45, 7) is 0.689. The van der Waals surface area contributed by atoms with Crippen molar-refractivity contribution < 1.29 is 0 Å². The predicted molar refractivity (Wildman–Crippen MR) is 124 cm³/mol. The largest absolute Gasteiger partial charge is 0.337 e. The van der Waals surface area contributed by atoms with Crippen molar-refractivity contribution in [3.63, 3.8) is 0 Å². The summed E-state index contributed by atoms with van der Waals surface area (Å²) in [4.78, 5) is 2.58. The second-order valence-corrected chi connectivity index (χ2v) is 9.04. The van der Waals surface area contributed by atoms with Gasteiger partial charge in [-0.1, -0.05) is 48.6 Å². The Kier molecular flexibility index (Phi) is 3.98. The fraction of sp³-hybridized carbons (Fsp3) is 0.200. The van der Waals surface area contributed by atoms with Crippen LogP contribution >= 0.6 is 11.3 Å². The SMILES string of the molecule is NNCc1ccc(N2c3ccc4c(sc5ccccc54)c3C3C=CCCC32)cc1. The fourth-order valence-electron chi connectivity index (χ4n) is 5.13. The van der Waals surface area contributed by atoms with Gasteiger partial charge in [-0.2, -0.15) is 0 Å². The smallest absolute Gasteiger partial charge is 0.0467 e. The first-order valence-corrected chi connectivity index (χ1v) is 11.1. The number of hydrazine groups is 1. The quantitative estimate of drug-likeness (QED) is 0.254. The minimum atomic E-state index is 0.459. The molecule has 1 aliphatic carbocycles. The molecular weight excluding hydrogens is 374 g/mol. The highest BCUT2D eigenvalue weighted by molar-refractivity contribution is 7.26. The highest BCUT2D eigenvalue weighted by Crippen LogP contribution is 2.53. The molecule has 144 valence electrons. The summed E-state index contributed by atoms with van der Waals surface area (Å²) in [5.74, 6) is 5.95. The van der Waals surface area contributed by atoms with Crippen LogP contribution in [0.2, 0.25) is 0 Å². The molecular formula is C25H23N3S. The summed E-state index contributed by atoms with van der Waals surface area (Å²) < 4.78 is 2.83. The van der Waals surface area contributed by atoms with Crippen LogP contribution in [-0.4, -0.2) is 6.04 Å². The topological polar surface area (TPSA) is 41.3 Å². The molecule has 29 heavy (non-hydrogen) atoms. The minimum absolute atomic E-state index is 0.459. The van der Waals surface area contributed by atoms with Gasteiger partial charge in [0, 0.05) is 55.6 Å². The van der Waals surface area contributed by atoms with Crippen molar-refractivity contribution in [3.8, 4) is 0 Å². The third-order valence-corrected chi connectivity index (χ3v) is 7.61. The number of thiophene rings is 1. The number of nitrogens with zero attached hydrogens (tertiary/aromatic N) is 1. The molecule has 0 radical (unpaired) electrons. The molecule has 1 aliphatic heterocycles. The Labute approximate surface area is 174 Å². The van der Waals surface area contributed by atoms with E-state index in [0.29, 0.717) is 18.5 Å². The summed E-state index contributed by atoms with van der Waals surface area (Å²) in [6, 6.07) is 22.8. The molecule has 4 heteroatoms. The van der Waals surface area contributed by atoms with Crippen LogP contribution in [-0.2, 0) is 6.54 Å². The van der Waals surface area contributed by atoms with Crippen LogP contribution in [0.4, 0.5) is 11.4 Å². The second-order valence-electron chi connectivity index (χ2n) is 7.99. The zero-order chi connectivity index (χ0) is 19.4. The van der Waals surface area contributed by atoms with Gasteiger partial charge in [-0.05, 0) is 42.7 Å². The summed E-state index contributed by atoms with van der Waals surface area (Å²) in [7, 11) is 0. The Hall–Kier alpha value is -2.66. The van der Waals surface area contributed by atoms with Crippen molar-refractivity contribution in [1.82, 2.24) is 5.43 Å². The van der Waals surface area contributed by atoms with E-state index in [0.717, 1.165) is 6.42 Å². The van der Waals surface area contributed by atoms with E-state index in [2.05, 4.69) is 83.1 Å². The average Bonchev–Trinajstić information content (AvgIpc) is 3.30. The van der Waals surface area contributed by atoms with E-state index in [9.17, 15) is 0 Å². The van der Waals surface area contributed by atoms with Gasteiger partial charge < -0.3 is 4.90 Å². The first-order chi connectivity index (χ1) is 14.3. The number of anilines is 2. The molecule has 3 nitrogen and oxygen atoms in total. The van der Waals surface area contributed by atoms with Gasteiger partial charge in [0.05, 0.1) is 0 Å². The lowest BCUT2D eigenvalue weighted by Gasteiger charge is -2.31. The summed E-state index contributed by atoms with van der Waals surface area (Å²) >= 11 is 1.95. The monoisotopic (exact) mass is 397 g/mol. The number of allylic oxidation sites excluding steroid dienone is 1. The van der Waals surface area contributed by atoms with Gasteiger partial charge in [0.2, 0.25) is 0 Å². The van der Waals surface area contributed by atoms with Crippen LogP contribution in [0.15, 0.2) is 72.8 Å². The molecule has 6 rings (SSSR count). The van der Waals surface area contributed by atoms with Crippen LogP contribution < -0.4 is 16.2 Å². The van der Waals surface area contributed by atoms with E-state index in [4.69, 9.17) is 5.84 Å². The Morgan fingerprint density at radius 1 is 1.00 bits per heavy atom. The Morgan fingerprint density at radius 2 is 1.86 bits per heavy atom. The molecule has 0 amide bonds. The molecule has 3 aromatic carbocycles. The summed E-state index contributed by atoms with van der Waals surface area (Å²) in [5.41, 5.74) is 8.11. The van der Waals surface area contributed by atoms with Crippen LogP contribution in [0.1, 0.15) is 29.9 Å². The minimum Gasteiger partial charge on any atom is -0.337 e. The van der Waals surface area contributed by atoms with Gasteiger partial charge in [0.1, 0.15) is 0 Å². The molecule has 0 fully saturated rings. The van der Waals surface area contributed by atoms with Gasteiger partial charge >= 0.3 is 0 Å². The Bertz CT molecular complexity index is 1240. The van der Waals surface area contributed by atoms with Crippen molar-refractivity contribution in [2.45, 2.75) is 31.3 Å². The zero-order valence-corrected chi connectivity index (χ0v) is 17.0. The maximum Gasteiger partial charge on any atom is 0.0467 e. The van der Waals surface area contributed by atoms with E-state index < -0.39 is 0 Å². The van der Waals surface area contributed by atoms with Crippen molar-refractivity contribution in [3.05, 3.63) is 83.9 Å². The number of hydrogen-bond donors (Lipinski definition) is 2. The maximum atomic E-state index is 5.49. The van der Waals surface area contributed by atoms with Crippen molar-refractivity contribution >= 4 is 42.9 Å². The second kappa shape index (κ2) is 6.70. The number of benzene rings is 3. The molecule has 0 saturated carbocycles. The standard InChI is InChI=1S/C25H23N3S/c26-27-15-16-9-11-17(12-10-16)28-21-7-3-1-6-20(21)24-22(28)14-13-19-18-5-2-4-8-23(18)29-25(19)24/h1-2,4-6,8-14,20-21,27H,3,7,15,26H2. The van der Waals surface area contributed by atoms with Gasteiger partial charge in [-0.3, -0.25) is 11.3 Å². The van der Waals surface area contributed by atoms with Crippen LogP contribution in [0.25, 0.3) is 20.2 Å². The molecule has 1 aromatic heterocycles. The molecule has 2 heterocycles. The van der Waals surface area contributed by atoms with Crippen LogP contribution in [0.3, 0.4) is 0 Å². The van der Waals surface area contributed by atoms with E-state index in [1.807, 2.05) is 11.3 Å². The third-order valence-electron chi connectivity index (χ3n) is 6.39. The lowest BCUT2D eigenvalue weighted by Crippen LogP contribution is -2.30. The van der Waals surface area contributed by atoms with Crippen LogP contribution in [0.5, 0.6) is 0 Å². The fourth-order valence-corrected chi connectivity index (χ4v) is 6.42. The van der Waals surface area contributed by atoms with Gasteiger partial charge in [-0.15, -0.1) is 11.3 Å². The number of nitrogens with one attached hydrogen (secondary N) is 1. The predicted octanol–water partition coefficient (Wildman–Crippen LogP) is 5.97. The molecule has 2 unspecified atom stereocenters. The normalized spacial score (nSPS) is 20.4. The molecule has 2 atom stereocenters. The van der Waals surface area contributed by atoms with Crippen molar-refractivity contribution in [1.29, 1.82) is 0 Å².